The van der Waals surface area contributed by atoms with E-state index in [0.29, 0.717) is 12.2 Å². The second-order valence-corrected chi connectivity index (χ2v) is 7.49. The van der Waals surface area contributed by atoms with Gasteiger partial charge in [-0.2, -0.15) is 13.2 Å². The molecule has 1 heterocycles. The fourth-order valence-electron chi connectivity index (χ4n) is 3.06. The molecule has 1 aliphatic rings. The molecule has 1 nitrogen and oxygen atoms in total. The minimum absolute atomic E-state index is 0.0331. The number of hydrogen-bond acceptors (Lipinski definition) is 2. The third-order valence-corrected chi connectivity index (χ3v) is 5.28. The van der Waals surface area contributed by atoms with Gasteiger partial charge in [-0.25, -0.2) is 4.39 Å². The number of nitrogens with zero attached hydrogens (tertiary/aromatic N) is 1. The predicted molar refractivity (Wildman–Crippen MR) is 98.7 cm³/mol. The number of rotatable bonds is 4. The Balaban J connectivity index is 2.06. The molecule has 3 rings (SSSR count). The molecule has 0 radical (unpaired) electrons. The predicted octanol–water partition coefficient (Wildman–Crippen LogP) is 6.56. The molecule has 0 saturated carbocycles. The molecule has 0 amide bonds. The van der Waals surface area contributed by atoms with E-state index in [2.05, 4.69) is 6.08 Å². The van der Waals surface area contributed by atoms with Crippen molar-refractivity contribution in [1.82, 2.24) is 0 Å². The number of alkyl halides is 3. The molecule has 2 aromatic carbocycles. The lowest BCUT2D eigenvalue weighted by Gasteiger charge is -2.35. The fourth-order valence-corrected chi connectivity index (χ4v) is 3.98. The van der Waals surface area contributed by atoms with Crippen molar-refractivity contribution in [2.45, 2.75) is 32.5 Å². The molecule has 26 heavy (non-hydrogen) atoms. The van der Waals surface area contributed by atoms with Crippen LogP contribution in [0.4, 0.5) is 23.2 Å². The van der Waals surface area contributed by atoms with Crippen LogP contribution in [0, 0.1) is 5.82 Å². The Morgan fingerprint density at radius 3 is 2.38 bits per heavy atom. The largest absolute Gasteiger partial charge is 0.416 e. The van der Waals surface area contributed by atoms with E-state index in [1.807, 2.05) is 18.7 Å². The van der Waals surface area contributed by atoms with E-state index in [0.717, 1.165) is 28.0 Å². The molecular weight excluding hydrogens is 362 g/mol. The monoisotopic (exact) mass is 381 g/mol. The molecule has 0 aliphatic carbocycles. The van der Waals surface area contributed by atoms with Gasteiger partial charge in [0, 0.05) is 18.2 Å². The molecule has 0 spiro atoms. The van der Waals surface area contributed by atoms with Crippen LogP contribution in [-0.2, 0) is 12.7 Å². The van der Waals surface area contributed by atoms with Gasteiger partial charge in [0.05, 0.1) is 10.6 Å². The Morgan fingerprint density at radius 1 is 1.08 bits per heavy atom. The van der Waals surface area contributed by atoms with E-state index in [1.54, 1.807) is 30.0 Å². The lowest BCUT2D eigenvalue weighted by molar-refractivity contribution is -0.137. The first-order valence-corrected chi connectivity index (χ1v) is 9.36. The van der Waals surface area contributed by atoms with Gasteiger partial charge < -0.3 is 4.90 Å². The molecule has 0 fully saturated rings. The molecule has 1 aliphatic heterocycles. The lowest BCUT2D eigenvalue weighted by Crippen LogP contribution is -2.26. The van der Waals surface area contributed by atoms with Gasteiger partial charge in [0.25, 0.3) is 0 Å². The van der Waals surface area contributed by atoms with Gasteiger partial charge in [0.1, 0.15) is 5.82 Å². The van der Waals surface area contributed by atoms with Crippen LogP contribution in [0.5, 0.6) is 0 Å². The number of hydrogen-bond donors (Lipinski definition) is 0. The number of anilines is 1. The van der Waals surface area contributed by atoms with Gasteiger partial charge in [-0.1, -0.05) is 32.0 Å². The maximum atomic E-state index is 13.2. The molecule has 0 saturated heterocycles. The zero-order valence-electron chi connectivity index (χ0n) is 14.5. The van der Waals surface area contributed by atoms with Crippen molar-refractivity contribution in [3.63, 3.8) is 0 Å². The molecule has 0 N–H and O–H groups in total. The van der Waals surface area contributed by atoms with Crippen molar-refractivity contribution < 1.29 is 17.6 Å². The maximum Gasteiger partial charge on any atom is 0.416 e. The van der Waals surface area contributed by atoms with E-state index in [-0.39, 0.29) is 11.7 Å². The number of thioether (sulfide) groups is 1. The van der Waals surface area contributed by atoms with Gasteiger partial charge in [-0.3, -0.25) is 0 Å². The summed E-state index contributed by atoms with van der Waals surface area (Å²) in [5.41, 5.74) is 1.61. The summed E-state index contributed by atoms with van der Waals surface area (Å²) in [5.74, 6) is 0.512. The fraction of sp³-hybridized carbons (Fsp3) is 0.300. The summed E-state index contributed by atoms with van der Waals surface area (Å²) in [4.78, 5) is 1.89. The molecule has 138 valence electrons. The second-order valence-electron chi connectivity index (χ2n) is 6.21. The van der Waals surface area contributed by atoms with E-state index in [9.17, 15) is 17.6 Å². The molecule has 1 unspecified atom stereocenters. The van der Waals surface area contributed by atoms with Gasteiger partial charge >= 0.3 is 6.18 Å². The highest BCUT2D eigenvalue weighted by atomic mass is 32.2. The Bertz CT molecular complexity index is 812. The van der Waals surface area contributed by atoms with Gasteiger partial charge in [0.15, 0.2) is 0 Å². The van der Waals surface area contributed by atoms with Crippen molar-refractivity contribution in [3.8, 4) is 0 Å². The third-order valence-electron chi connectivity index (χ3n) is 4.34. The number of allylic oxidation sites excluding steroid dienone is 1. The third kappa shape index (κ3) is 3.90. The first-order valence-electron chi connectivity index (χ1n) is 8.37. The summed E-state index contributed by atoms with van der Waals surface area (Å²) in [7, 11) is 0. The van der Waals surface area contributed by atoms with E-state index < -0.39 is 11.7 Å². The van der Waals surface area contributed by atoms with Crippen LogP contribution in [0.25, 0.3) is 0 Å². The molecule has 0 aromatic heterocycles. The molecule has 0 bridgehead atoms. The number of fused-ring (bicyclic) bond motifs is 1. The SMILES string of the molecule is CCSC1=CC(C)c2ccc(C(F)(F)F)cc2N1Cc1ccc(F)cc1. The highest BCUT2D eigenvalue weighted by Gasteiger charge is 2.33. The summed E-state index contributed by atoms with van der Waals surface area (Å²) in [5, 5.41) is 0.927. The standard InChI is InChI=1S/C20H19F4NS/c1-3-26-19-10-13(2)17-9-6-15(20(22,23)24)11-18(17)25(19)12-14-4-7-16(21)8-5-14/h4-11,13H,3,12H2,1-2H3. The summed E-state index contributed by atoms with van der Waals surface area (Å²) < 4.78 is 52.8. The summed E-state index contributed by atoms with van der Waals surface area (Å²) in [6, 6.07) is 9.97. The van der Waals surface area contributed by atoms with Crippen LogP contribution in [0.3, 0.4) is 0 Å². The van der Waals surface area contributed by atoms with Gasteiger partial charge in [-0.05, 0) is 47.2 Å². The zero-order valence-corrected chi connectivity index (χ0v) is 15.3. The summed E-state index contributed by atoms with van der Waals surface area (Å²) in [6.07, 6.45) is -2.31. The zero-order chi connectivity index (χ0) is 18.9. The maximum absolute atomic E-state index is 13.2. The first-order chi connectivity index (χ1) is 12.3. The average molecular weight is 381 g/mol. The number of halogens is 4. The normalized spacial score (nSPS) is 17.1. The number of benzene rings is 2. The van der Waals surface area contributed by atoms with Crippen LogP contribution in [0.2, 0.25) is 0 Å². The Labute approximate surface area is 154 Å². The van der Waals surface area contributed by atoms with Crippen LogP contribution < -0.4 is 4.90 Å². The molecular formula is C20H19F4NS. The highest BCUT2D eigenvalue weighted by molar-refractivity contribution is 8.03. The minimum atomic E-state index is -4.39. The quantitative estimate of drug-likeness (QED) is 0.552. The molecule has 1 atom stereocenters. The Morgan fingerprint density at radius 2 is 1.77 bits per heavy atom. The summed E-state index contributed by atoms with van der Waals surface area (Å²) in [6.45, 7) is 4.38. The minimum Gasteiger partial charge on any atom is -0.332 e. The molecule has 2 aromatic rings. The van der Waals surface area contributed by atoms with Crippen LogP contribution in [0.1, 0.15) is 36.5 Å². The van der Waals surface area contributed by atoms with Crippen molar-refractivity contribution in [1.29, 1.82) is 0 Å². The van der Waals surface area contributed by atoms with Crippen molar-refractivity contribution in [3.05, 3.63) is 76.1 Å². The van der Waals surface area contributed by atoms with Gasteiger partial charge in [0.2, 0.25) is 0 Å². The smallest absolute Gasteiger partial charge is 0.332 e. The second kappa shape index (κ2) is 7.35. The highest BCUT2D eigenvalue weighted by Crippen LogP contribution is 2.43. The molecule has 6 heteroatoms. The van der Waals surface area contributed by atoms with Crippen molar-refractivity contribution in [2.75, 3.05) is 10.7 Å². The Kier molecular flexibility index (Phi) is 5.32. The van der Waals surface area contributed by atoms with Gasteiger partial charge in [-0.15, -0.1) is 11.8 Å². The van der Waals surface area contributed by atoms with E-state index in [4.69, 9.17) is 0 Å². The topological polar surface area (TPSA) is 3.24 Å². The first kappa shape index (κ1) is 18.8. The van der Waals surface area contributed by atoms with Crippen LogP contribution in [-0.4, -0.2) is 5.75 Å². The van der Waals surface area contributed by atoms with Crippen molar-refractivity contribution >= 4 is 17.4 Å². The van der Waals surface area contributed by atoms with Crippen LogP contribution in [0.15, 0.2) is 53.6 Å². The Hall–Kier alpha value is -1.95. The summed E-state index contributed by atoms with van der Waals surface area (Å²) >= 11 is 1.60. The van der Waals surface area contributed by atoms with E-state index in [1.165, 1.54) is 18.2 Å². The lowest BCUT2D eigenvalue weighted by atomic mass is 9.93. The average Bonchev–Trinajstić information content (AvgIpc) is 2.59. The van der Waals surface area contributed by atoms with Crippen molar-refractivity contribution in [2.24, 2.45) is 0 Å². The van der Waals surface area contributed by atoms with Crippen LogP contribution >= 0.6 is 11.8 Å². The van der Waals surface area contributed by atoms with E-state index >= 15 is 0 Å².